The van der Waals surface area contributed by atoms with Gasteiger partial charge in [-0.25, -0.2) is 0 Å². The Morgan fingerprint density at radius 1 is 1.73 bits per heavy atom. The summed E-state index contributed by atoms with van der Waals surface area (Å²) in [4.78, 5) is 0. The molecule has 1 rings (SSSR count). The van der Waals surface area contributed by atoms with Crippen molar-refractivity contribution in [2.45, 2.75) is 19.1 Å². The van der Waals surface area contributed by atoms with Crippen LogP contribution in [0.5, 0.6) is 0 Å². The van der Waals surface area contributed by atoms with Crippen molar-refractivity contribution in [2.24, 2.45) is 5.92 Å². The topological polar surface area (TPSA) is 49.7 Å². The average Bonchev–Trinajstić information content (AvgIpc) is 2.04. The van der Waals surface area contributed by atoms with Crippen LogP contribution in [-0.2, 0) is 4.74 Å². The van der Waals surface area contributed by atoms with Crippen LogP contribution in [-0.4, -0.2) is 35.6 Å². The number of rotatable bonds is 2. The van der Waals surface area contributed by atoms with Gasteiger partial charge in [-0.1, -0.05) is 19.1 Å². The first-order chi connectivity index (χ1) is 5.25. The molecule has 2 N–H and O–H groups in total. The van der Waals surface area contributed by atoms with E-state index in [0.29, 0.717) is 6.61 Å². The molecule has 3 heteroatoms. The molecule has 3 nitrogen and oxygen atoms in total. The first-order valence-corrected chi connectivity index (χ1v) is 3.83. The maximum Gasteiger partial charge on any atom is 0.104 e. The average molecular weight is 158 g/mol. The Balaban J connectivity index is 2.50. The second-order valence-electron chi connectivity index (χ2n) is 2.84. The summed E-state index contributed by atoms with van der Waals surface area (Å²) in [6.45, 7) is 2.26. The van der Waals surface area contributed by atoms with Gasteiger partial charge in [0.15, 0.2) is 0 Å². The van der Waals surface area contributed by atoms with Crippen LogP contribution >= 0.6 is 0 Å². The van der Waals surface area contributed by atoms with Crippen molar-refractivity contribution in [3.05, 3.63) is 12.2 Å². The van der Waals surface area contributed by atoms with E-state index in [9.17, 15) is 5.11 Å². The van der Waals surface area contributed by atoms with Gasteiger partial charge in [-0.3, -0.25) is 0 Å². The molecule has 0 aromatic heterocycles. The van der Waals surface area contributed by atoms with Crippen LogP contribution in [0.3, 0.4) is 0 Å². The molecule has 0 aromatic carbocycles. The molecule has 0 unspecified atom stereocenters. The number of aliphatic hydroxyl groups is 2. The zero-order valence-corrected chi connectivity index (χ0v) is 6.60. The van der Waals surface area contributed by atoms with Gasteiger partial charge in [-0.15, -0.1) is 0 Å². The number of ether oxygens (including phenoxy) is 1. The maximum absolute atomic E-state index is 9.24. The largest absolute Gasteiger partial charge is 0.394 e. The minimum Gasteiger partial charge on any atom is -0.394 e. The third-order valence-corrected chi connectivity index (χ3v) is 1.91. The Labute approximate surface area is 66.3 Å². The first kappa shape index (κ1) is 8.71. The lowest BCUT2D eigenvalue weighted by Gasteiger charge is -2.28. The number of aliphatic hydroxyl groups excluding tert-OH is 2. The summed E-state index contributed by atoms with van der Waals surface area (Å²) in [5, 5.41) is 17.9. The zero-order chi connectivity index (χ0) is 8.27. The van der Waals surface area contributed by atoms with E-state index in [1.54, 1.807) is 0 Å². The molecule has 0 bridgehead atoms. The normalized spacial score (nSPS) is 33.7. The minimum absolute atomic E-state index is 0.186. The molecule has 11 heavy (non-hydrogen) atoms. The first-order valence-electron chi connectivity index (χ1n) is 3.83. The van der Waals surface area contributed by atoms with Crippen LogP contribution in [0.1, 0.15) is 6.92 Å². The van der Waals surface area contributed by atoms with Gasteiger partial charge in [-0.2, -0.15) is 0 Å². The Morgan fingerprint density at radius 3 is 3.00 bits per heavy atom. The fourth-order valence-corrected chi connectivity index (χ4v) is 1.26. The molecule has 0 amide bonds. The van der Waals surface area contributed by atoms with Crippen molar-refractivity contribution >= 4 is 0 Å². The molecule has 0 aromatic rings. The van der Waals surface area contributed by atoms with Gasteiger partial charge < -0.3 is 14.9 Å². The summed E-state index contributed by atoms with van der Waals surface area (Å²) in [6, 6.07) is 0. The van der Waals surface area contributed by atoms with Gasteiger partial charge in [-0.05, 0) is 0 Å². The van der Waals surface area contributed by atoms with Crippen LogP contribution < -0.4 is 0 Å². The van der Waals surface area contributed by atoms with Gasteiger partial charge in [0.05, 0.1) is 19.3 Å². The lowest BCUT2D eigenvalue weighted by molar-refractivity contribution is -0.0707. The molecule has 0 saturated carbocycles. The minimum atomic E-state index is -0.755. The van der Waals surface area contributed by atoms with Crippen molar-refractivity contribution in [2.75, 3.05) is 13.2 Å². The Hall–Kier alpha value is -0.380. The lowest BCUT2D eigenvalue weighted by Crippen LogP contribution is -2.38. The van der Waals surface area contributed by atoms with E-state index in [0.717, 1.165) is 0 Å². The fraction of sp³-hybridized carbons (Fsp3) is 0.750. The number of hydrogen-bond acceptors (Lipinski definition) is 3. The molecular weight excluding hydrogens is 144 g/mol. The van der Waals surface area contributed by atoms with Crippen LogP contribution in [0.15, 0.2) is 12.2 Å². The second kappa shape index (κ2) is 3.85. The molecule has 0 radical (unpaired) electrons. The van der Waals surface area contributed by atoms with Crippen molar-refractivity contribution in [3.8, 4) is 0 Å². The summed E-state index contributed by atoms with van der Waals surface area (Å²) >= 11 is 0. The smallest absolute Gasteiger partial charge is 0.104 e. The van der Waals surface area contributed by atoms with E-state index in [4.69, 9.17) is 9.84 Å². The Kier molecular flexibility index (Phi) is 3.05. The summed E-state index contributed by atoms with van der Waals surface area (Å²) in [6.07, 6.45) is 2.91. The van der Waals surface area contributed by atoms with E-state index >= 15 is 0 Å². The fourth-order valence-electron chi connectivity index (χ4n) is 1.26. The highest BCUT2D eigenvalue weighted by molar-refractivity contribution is 4.96. The lowest BCUT2D eigenvalue weighted by atomic mass is 9.98. The van der Waals surface area contributed by atoms with Crippen LogP contribution in [0.4, 0.5) is 0 Å². The molecule has 3 atom stereocenters. The predicted octanol–water partition coefficient (Wildman–Crippen LogP) is -0.0693. The second-order valence-corrected chi connectivity index (χ2v) is 2.84. The molecular formula is C8H14O3. The predicted molar refractivity (Wildman–Crippen MR) is 41.1 cm³/mol. The monoisotopic (exact) mass is 158 g/mol. The maximum atomic E-state index is 9.24. The summed E-state index contributed by atoms with van der Waals surface area (Å²) < 4.78 is 5.25. The van der Waals surface area contributed by atoms with Crippen LogP contribution in [0.25, 0.3) is 0 Å². The molecule has 1 aliphatic rings. The van der Waals surface area contributed by atoms with Crippen molar-refractivity contribution < 1.29 is 14.9 Å². The quantitative estimate of drug-likeness (QED) is 0.553. The highest BCUT2D eigenvalue weighted by Gasteiger charge is 2.25. The molecule has 64 valence electrons. The molecule has 0 aliphatic carbocycles. The van der Waals surface area contributed by atoms with Gasteiger partial charge in [0.25, 0.3) is 0 Å². The Bertz CT molecular complexity index is 144. The van der Waals surface area contributed by atoms with Crippen LogP contribution in [0, 0.1) is 5.92 Å². The van der Waals surface area contributed by atoms with E-state index in [2.05, 4.69) is 0 Å². The van der Waals surface area contributed by atoms with E-state index in [1.807, 2.05) is 19.1 Å². The summed E-state index contributed by atoms with van der Waals surface area (Å²) in [7, 11) is 0. The van der Waals surface area contributed by atoms with Crippen molar-refractivity contribution in [1.82, 2.24) is 0 Å². The zero-order valence-electron chi connectivity index (χ0n) is 6.60. The van der Waals surface area contributed by atoms with Crippen LogP contribution in [0.2, 0.25) is 0 Å². The van der Waals surface area contributed by atoms with Gasteiger partial charge >= 0.3 is 0 Å². The summed E-state index contributed by atoms with van der Waals surface area (Å²) in [5.74, 6) is 0.186. The van der Waals surface area contributed by atoms with E-state index < -0.39 is 6.10 Å². The van der Waals surface area contributed by atoms with E-state index in [1.165, 1.54) is 0 Å². The van der Waals surface area contributed by atoms with Crippen molar-refractivity contribution in [3.63, 3.8) is 0 Å². The molecule has 1 heterocycles. The molecule has 1 aliphatic heterocycles. The highest BCUT2D eigenvalue weighted by Crippen LogP contribution is 2.16. The van der Waals surface area contributed by atoms with Crippen molar-refractivity contribution in [1.29, 1.82) is 0 Å². The third-order valence-electron chi connectivity index (χ3n) is 1.91. The van der Waals surface area contributed by atoms with E-state index in [-0.39, 0.29) is 18.6 Å². The van der Waals surface area contributed by atoms with Gasteiger partial charge in [0.2, 0.25) is 0 Å². The highest BCUT2D eigenvalue weighted by atomic mass is 16.5. The SMILES string of the molecule is C[C@@H]1C=CCO[C@H]1[C@H](O)CO. The molecule has 0 spiro atoms. The summed E-state index contributed by atoms with van der Waals surface area (Å²) in [5.41, 5.74) is 0. The third kappa shape index (κ3) is 2.02. The standard InChI is InChI=1S/C8H14O3/c1-6-3-2-4-11-8(6)7(10)5-9/h2-3,6-10H,4-5H2,1H3/t6-,7-,8-/m1/s1. The molecule has 0 fully saturated rings. The van der Waals surface area contributed by atoms with Gasteiger partial charge in [0, 0.05) is 5.92 Å². The molecule has 0 saturated heterocycles. The van der Waals surface area contributed by atoms with Gasteiger partial charge in [0.1, 0.15) is 6.10 Å². The number of hydrogen-bond donors (Lipinski definition) is 2. The Morgan fingerprint density at radius 2 is 2.45 bits per heavy atom.